The fourth-order valence-electron chi connectivity index (χ4n) is 1.34. The normalized spacial score (nSPS) is 15.6. The Labute approximate surface area is 127 Å². The molecule has 0 radical (unpaired) electrons. The monoisotopic (exact) mass is 320 g/mol. The van der Waals surface area contributed by atoms with Gasteiger partial charge in [-0.2, -0.15) is 0 Å². The van der Waals surface area contributed by atoms with Crippen molar-refractivity contribution < 1.29 is 18.1 Å². The highest BCUT2D eigenvalue weighted by Gasteiger charge is 2.28. The van der Waals surface area contributed by atoms with Gasteiger partial charge in [-0.15, -0.1) is 4.72 Å². The van der Waals surface area contributed by atoms with E-state index in [-0.39, 0.29) is 16.7 Å². The molecule has 1 N–H and O–H groups in total. The average Bonchev–Trinajstić information content (AvgIpc) is 2.35. The number of halogens is 2. The van der Waals surface area contributed by atoms with Crippen LogP contribution in [0.4, 0.5) is 8.78 Å². The Morgan fingerprint density at radius 2 is 1.95 bits per heavy atom. The molecule has 2 atom stereocenters. The van der Waals surface area contributed by atoms with Crippen LogP contribution in [0, 0.1) is 0 Å². The van der Waals surface area contributed by atoms with E-state index in [1.807, 2.05) is 27.7 Å². The molecule has 1 heterocycles. The molecule has 7 heteroatoms. The molecule has 4 nitrogen and oxygen atoms in total. The molecular formula is C14H22F2N2O2S. The Bertz CT molecular complexity index is 444. The van der Waals surface area contributed by atoms with Gasteiger partial charge in [0, 0.05) is 30.5 Å². The van der Waals surface area contributed by atoms with Gasteiger partial charge in [-0.1, -0.05) is 6.07 Å². The first-order valence-electron chi connectivity index (χ1n) is 6.64. The molecule has 21 heavy (non-hydrogen) atoms. The maximum Gasteiger partial charge on any atom is 0.278 e. The van der Waals surface area contributed by atoms with Gasteiger partial charge in [-0.3, -0.25) is 0 Å². The van der Waals surface area contributed by atoms with Crippen LogP contribution >= 0.6 is 0 Å². The highest BCUT2D eigenvalue weighted by molar-refractivity contribution is 7.90. The van der Waals surface area contributed by atoms with E-state index in [1.165, 1.54) is 12.3 Å². The lowest BCUT2D eigenvalue weighted by molar-refractivity contribution is -0.0242. The Hall–Kier alpha value is -0.920. The van der Waals surface area contributed by atoms with Crippen LogP contribution in [-0.2, 0) is 11.4 Å². The van der Waals surface area contributed by atoms with Crippen LogP contribution in [0.15, 0.2) is 18.3 Å². The number of rotatable bonds is 6. The van der Waals surface area contributed by atoms with E-state index in [0.29, 0.717) is 0 Å². The fourth-order valence-corrected chi connectivity index (χ4v) is 2.15. The van der Waals surface area contributed by atoms with Crippen LogP contribution < -0.4 is 9.46 Å². The number of aromatic nitrogens is 1. The lowest BCUT2D eigenvalue weighted by Crippen LogP contribution is -2.40. The molecule has 0 aliphatic carbocycles. The molecule has 0 aliphatic heterocycles. The predicted octanol–water partition coefficient (Wildman–Crippen LogP) is 3.23. The fraction of sp³-hybridized carbons (Fsp3) is 0.643. The molecule has 0 aromatic carbocycles. The van der Waals surface area contributed by atoms with Crippen LogP contribution in [0.3, 0.4) is 0 Å². The number of nitrogens with one attached hydrogen (secondary N) is 1. The van der Waals surface area contributed by atoms with E-state index >= 15 is 0 Å². The molecule has 120 valence electrons. The molecule has 0 amide bonds. The van der Waals surface area contributed by atoms with Crippen molar-refractivity contribution in [3.8, 4) is 5.88 Å². The van der Waals surface area contributed by atoms with Crippen molar-refractivity contribution in [2.45, 2.75) is 51.3 Å². The van der Waals surface area contributed by atoms with Gasteiger partial charge in [0.2, 0.25) is 5.88 Å². The van der Waals surface area contributed by atoms with E-state index in [1.54, 1.807) is 6.07 Å². The Morgan fingerprint density at radius 3 is 2.38 bits per heavy atom. The minimum Gasteiger partial charge on any atom is -0.598 e. The molecule has 0 fully saturated rings. The molecule has 1 aromatic rings. The predicted molar refractivity (Wildman–Crippen MR) is 79.8 cm³/mol. The molecule has 1 aromatic heterocycles. The molecule has 0 saturated carbocycles. The van der Waals surface area contributed by atoms with Gasteiger partial charge < -0.3 is 9.29 Å². The summed E-state index contributed by atoms with van der Waals surface area (Å²) >= 11 is -1.20. The summed E-state index contributed by atoms with van der Waals surface area (Å²) in [5.41, 5.74) is 0.809. The first-order chi connectivity index (χ1) is 9.49. The van der Waals surface area contributed by atoms with Gasteiger partial charge in [0.25, 0.3) is 5.92 Å². The van der Waals surface area contributed by atoms with Crippen LogP contribution in [0.5, 0.6) is 5.88 Å². The van der Waals surface area contributed by atoms with E-state index < -0.39 is 23.9 Å². The Morgan fingerprint density at radius 1 is 1.33 bits per heavy atom. The summed E-state index contributed by atoms with van der Waals surface area (Å²) in [6.07, 6.45) is 1.53. The summed E-state index contributed by atoms with van der Waals surface area (Å²) in [5, 5.41) is 0. The summed E-state index contributed by atoms with van der Waals surface area (Å²) in [6.45, 7) is 7.58. The van der Waals surface area contributed by atoms with Crippen molar-refractivity contribution >= 4 is 11.4 Å². The third-order valence-electron chi connectivity index (χ3n) is 2.57. The lowest BCUT2D eigenvalue weighted by atomic mass is 10.2. The smallest absolute Gasteiger partial charge is 0.278 e. The molecule has 0 aliphatic rings. The van der Waals surface area contributed by atoms with Crippen LogP contribution in [0.25, 0.3) is 0 Å². The van der Waals surface area contributed by atoms with Crippen molar-refractivity contribution in [3.63, 3.8) is 0 Å². The summed E-state index contributed by atoms with van der Waals surface area (Å²) in [4.78, 5) is 3.98. The van der Waals surface area contributed by atoms with E-state index in [4.69, 9.17) is 4.74 Å². The topological polar surface area (TPSA) is 57.2 Å². The minimum atomic E-state index is -2.89. The molecule has 0 bridgehead atoms. The second kappa shape index (κ2) is 6.89. The maximum atomic E-state index is 12.7. The standard InChI is InChI=1S/C14H22F2N2O2S/c1-10(18-21(19)13(2,3)4)11-6-7-12(17-8-11)20-9-14(5,15)16/h6-8,10,18H,9H2,1-5H3/t10-,21?/m1/s1. The molecule has 0 spiro atoms. The van der Waals surface area contributed by atoms with Crippen molar-refractivity contribution in [2.75, 3.05) is 6.61 Å². The third kappa shape index (κ3) is 6.58. The molecule has 0 saturated heterocycles. The number of hydrogen-bond acceptors (Lipinski definition) is 4. The average molecular weight is 320 g/mol. The van der Waals surface area contributed by atoms with Crippen LogP contribution in [0.2, 0.25) is 0 Å². The largest absolute Gasteiger partial charge is 0.598 e. The quantitative estimate of drug-likeness (QED) is 0.818. The number of hydrogen-bond donors (Lipinski definition) is 1. The second-order valence-electron chi connectivity index (χ2n) is 6.01. The number of pyridine rings is 1. The summed E-state index contributed by atoms with van der Waals surface area (Å²) in [7, 11) is 0. The van der Waals surface area contributed by atoms with Gasteiger partial charge >= 0.3 is 0 Å². The SMILES string of the molecule is C[C@@H](N[S+]([O-])C(C)(C)C)c1ccc(OCC(C)(F)F)nc1. The number of nitrogens with zero attached hydrogens (tertiary/aromatic N) is 1. The van der Waals surface area contributed by atoms with Crippen LogP contribution in [0.1, 0.15) is 46.2 Å². The summed E-state index contributed by atoms with van der Waals surface area (Å²) < 4.78 is 44.9. The van der Waals surface area contributed by atoms with Gasteiger partial charge in [0.1, 0.15) is 4.75 Å². The number of alkyl halides is 2. The van der Waals surface area contributed by atoms with Crippen molar-refractivity contribution in [1.29, 1.82) is 0 Å². The minimum absolute atomic E-state index is 0.143. The zero-order valence-corrected chi connectivity index (χ0v) is 13.8. The third-order valence-corrected chi connectivity index (χ3v) is 4.25. The second-order valence-corrected chi connectivity index (χ2v) is 8.01. The van der Waals surface area contributed by atoms with Gasteiger partial charge in [0.15, 0.2) is 6.61 Å². The van der Waals surface area contributed by atoms with E-state index in [0.717, 1.165) is 12.5 Å². The van der Waals surface area contributed by atoms with E-state index in [9.17, 15) is 13.3 Å². The highest BCUT2D eigenvalue weighted by atomic mass is 32.2. The van der Waals surface area contributed by atoms with Gasteiger partial charge in [0.05, 0.1) is 6.04 Å². The van der Waals surface area contributed by atoms with E-state index in [2.05, 4.69) is 9.71 Å². The van der Waals surface area contributed by atoms with Crippen molar-refractivity contribution in [1.82, 2.24) is 9.71 Å². The first-order valence-corrected chi connectivity index (χ1v) is 7.78. The zero-order chi connectivity index (χ0) is 16.3. The lowest BCUT2D eigenvalue weighted by Gasteiger charge is -2.26. The number of ether oxygens (including phenoxy) is 1. The summed E-state index contributed by atoms with van der Waals surface area (Å²) in [5.74, 6) is -2.75. The van der Waals surface area contributed by atoms with Gasteiger partial charge in [-0.05, 0) is 33.3 Å². The zero-order valence-electron chi connectivity index (χ0n) is 12.9. The molecule has 1 rings (SSSR count). The van der Waals surface area contributed by atoms with Crippen molar-refractivity contribution in [3.05, 3.63) is 23.9 Å². The van der Waals surface area contributed by atoms with Crippen LogP contribution in [-0.4, -0.2) is 26.8 Å². The molecule has 1 unspecified atom stereocenters. The molecular weight excluding hydrogens is 298 g/mol. The first kappa shape index (κ1) is 18.1. The maximum absolute atomic E-state index is 12.7. The van der Waals surface area contributed by atoms with Gasteiger partial charge in [-0.25, -0.2) is 13.8 Å². The summed E-state index contributed by atoms with van der Waals surface area (Å²) in [6, 6.07) is 3.08. The highest BCUT2D eigenvalue weighted by Crippen LogP contribution is 2.21. The van der Waals surface area contributed by atoms with Crippen molar-refractivity contribution in [2.24, 2.45) is 0 Å². The Kier molecular flexibility index (Phi) is 5.95. The Balaban J connectivity index is 2.61.